The molecule has 2 aliphatic rings. The maximum atomic E-state index is 12.1. The molecule has 0 aromatic carbocycles. The number of aromatic nitrogens is 3. The van der Waals surface area contributed by atoms with Crippen molar-refractivity contribution in [1.82, 2.24) is 25.8 Å². The molecular weight excluding hydrogens is 314 g/mol. The average Bonchev–Trinajstić information content (AvgIpc) is 3.28. The zero-order valence-electron chi connectivity index (χ0n) is 13.3. The van der Waals surface area contributed by atoms with E-state index < -0.39 is 11.3 Å². The SMILES string of the molecule is CC(Sc1n[nH]c(C2CC2)n1)C(=O)NC(=O)NC1CCCCC1. The number of urea groups is 1. The van der Waals surface area contributed by atoms with E-state index in [1.54, 1.807) is 6.92 Å². The third-order valence-electron chi connectivity index (χ3n) is 4.27. The first-order valence-electron chi connectivity index (χ1n) is 8.32. The molecule has 2 saturated carbocycles. The largest absolute Gasteiger partial charge is 0.335 e. The fourth-order valence-corrected chi connectivity index (χ4v) is 3.48. The van der Waals surface area contributed by atoms with Crippen molar-refractivity contribution < 1.29 is 9.59 Å². The van der Waals surface area contributed by atoms with E-state index in [0.717, 1.165) is 44.3 Å². The molecule has 3 amide bonds. The van der Waals surface area contributed by atoms with Crippen LogP contribution in [0.1, 0.15) is 63.6 Å². The van der Waals surface area contributed by atoms with E-state index in [1.807, 2.05) is 0 Å². The molecule has 0 aliphatic heterocycles. The van der Waals surface area contributed by atoms with Gasteiger partial charge in [-0.1, -0.05) is 31.0 Å². The summed E-state index contributed by atoms with van der Waals surface area (Å²) in [5.41, 5.74) is 0. The minimum absolute atomic E-state index is 0.189. The number of amides is 3. The highest BCUT2D eigenvalue weighted by atomic mass is 32.2. The molecular formula is C15H23N5O2S. The first-order valence-corrected chi connectivity index (χ1v) is 9.20. The van der Waals surface area contributed by atoms with Crippen LogP contribution in [-0.2, 0) is 4.79 Å². The van der Waals surface area contributed by atoms with Gasteiger partial charge in [0.2, 0.25) is 11.1 Å². The summed E-state index contributed by atoms with van der Waals surface area (Å²) in [6, 6.07) is -0.211. The van der Waals surface area contributed by atoms with Crippen LogP contribution in [0.4, 0.5) is 4.79 Å². The average molecular weight is 337 g/mol. The van der Waals surface area contributed by atoms with Gasteiger partial charge in [0.05, 0.1) is 5.25 Å². The number of nitrogens with zero attached hydrogens (tertiary/aromatic N) is 2. The van der Waals surface area contributed by atoms with Crippen LogP contribution in [0, 0.1) is 0 Å². The molecule has 1 atom stereocenters. The lowest BCUT2D eigenvalue weighted by Crippen LogP contribution is -2.47. The monoisotopic (exact) mass is 337 g/mol. The van der Waals surface area contributed by atoms with Crippen LogP contribution in [0.5, 0.6) is 0 Å². The summed E-state index contributed by atoms with van der Waals surface area (Å²) in [6.07, 6.45) is 7.79. The van der Waals surface area contributed by atoms with Crippen molar-refractivity contribution in [2.75, 3.05) is 0 Å². The molecule has 23 heavy (non-hydrogen) atoms. The second kappa shape index (κ2) is 7.33. The van der Waals surface area contributed by atoms with Crippen LogP contribution in [-0.4, -0.2) is 38.4 Å². The lowest BCUT2D eigenvalue weighted by Gasteiger charge is -2.22. The Morgan fingerprint density at radius 3 is 2.65 bits per heavy atom. The van der Waals surface area contributed by atoms with Crippen LogP contribution >= 0.6 is 11.8 Å². The molecule has 1 heterocycles. The third-order valence-corrected chi connectivity index (χ3v) is 5.24. The molecule has 8 heteroatoms. The van der Waals surface area contributed by atoms with Gasteiger partial charge in [0.1, 0.15) is 5.82 Å². The van der Waals surface area contributed by atoms with Crippen molar-refractivity contribution in [2.24, 2.45) is 0 Å². The molecule has 0 bridgehead atoms. The molecule has 1 aromatic heterocycles. The van der Waals surface area contributed by atoms with Crippen LogP contribution in [0.25, 0.3) is 0 Å². The molecule has 2 fully saturated rings. The number of hydrogen-bond acceptors (Lipinski definition) is 5. The first-order chi connectivity index (χ1) is 11.1. The summed E-state index contributed by atoms with van der Waals surface area (Å²) in [6.45, 7) is 1.75. The highest BCUT2D eigenvalue weighted by molar-refractivity contribution is 8.00. The highest BCUT2D eigenvalue weighted by Gasteiger charge is 2.28. The molecule has 3 N–H and O–H groups in total. The second-order valence-electron chi connectivity index (χ2n) is 6.34. The maximum absolute atomic E-state index is 12.1. The maximum Gasteiger partial charge on any atom is 0.321 e. The predicted octanol–water partition coefficient (Wildman–Crippen LogP) is 2.32. The van der Waals surface area contributed by atoms with Crippen molar-refractivity contribution in [3.63, 3.8) is 0 Å². The smallest absolute Gasteiger partial charge is 0.321 e. The van der Waals surface area contributed by atoms with Gasteiger partial charge in [-0.25, -0.2) is 9.78 Å². The minimum atomic E-state index is -0.421. The highest BCUT2D eigenvalue weighted by Crippen LogP contribution is 2.38. The molecule has 2 aliphatic carbocycles. The van der Waals surface area contributed by atoms with Crippen molar-refractivity contribution >= 4 is 23.7 Å². The lowest BCUT2D eigenvalue weighted by atomic mass is 9.96. The number of thioether (sulfide) groups is 1. The molecule has 0 spiro atoms. The molecule has 3 rings (SSSR count). The van der Waals surface area contributed by atoms with E-state index in [4.69, 9.17) is 0 Å². The summed E-state index contributed by atoms with van der Waals surface area (Å²) < 4.78 is 0. The zero-order chi connectivity index (χ0) is 16.2. The molecule has 1 aromatic rings. The van der Waals surface area contributed by atoms with Crippen LogP contribution in [0.3, 0.4) is 0 Å². The Bertz CT molecular complexity index is 566. The predicted molar refractivity (Wildman–Crippen MR) is 87.2 cm³/mol. The number of carbonyl (C=O) groups excluding carboxylic acids is 2. The Labute approximate surface area is 139 Å². The van der Waals surface area contributed by atoms with Gasteiger partial charge < -0.3 is 5.32 Å². The zero-order valence-corrected chi connectivity index (χ0v) is 14.1. The molecule has 0 radical (unpaired) electrons. The molecule has 126 valence electrons. The van der Waals surface area contributed by atoms with E-state index in [9.17, 15) is 9.59 Å². The van der Waals surface area contributed by atoms with Crippen LogP contribution in [0.2, 0.25) is 0 Å². The van der Waals surface area contributed by atoms with E-state index in [0.29, 0.717) is 11.1 Å². The summed E-state index contributed by atoms with van der Waals surface area (Å²) >= 11 is 1.26. The number of nitrogens with one attached hydrogen (secondary N) is 3. The van der Waals surface area contributed by atoms with Gasteiger partial charge in [-0.15, -0.1) is 5.10 Å². The normalized spacial score (nSPS) is 20.0. The number of hydrogen-bond donors (Lipinski definition) is 3. The molecule has 0 saturated heterocycles. The van der Waals surface area contributed by atoms with Crippen molar-refractivity contribution in [3.05, 3.63) is 5.82 Å². The summed E-state index contributed by atoms with van der Waals surface area (Å²) in [4.78, 5) is 28.4. The summed E-state index contributed by atoms with van der Waals surface area (Å²) in [5, 5.41) is 12.5. The Balaban J connectivity index is 1.43. The molecule has 1 unspecified atom stereocenters. The standard InChI is InChI=1S/C15H23N5O2S/c1-9(23-15-17-12(19-20-15)10-7-8-10)13(21)18-14(22)16-11-5-3-2-4-6-11/h9-11H,2-8H2,1H3,(H,17,19,20)(H2,16,18,21,22). The number of rotatable bonds is 5. The van der Waals surface area contributed by atoms with Crippen molar-refractivity contribution in [3.8, 4) is 0 Å². The molecule has 7 nitrogen and oxygen atoms in total. The first kappa shape index (κ1) is 16.3. The number of aromatic amines is 1. The number of H-pyrrole nitrogens is 1. The Hall–Kier alpha value is -1.57. The van der Waals surface area contributed by atoms with Gasteiger partial charge in [0.25, 0.3) is 0 Å². The second-order valence-corrected chi connectivity index (χ2v) is 7.64. The topological polar surface area (TPSA) is 99.8 Å². The quantitative estimate of drug-likeness (QED) is 0.716. The van der Waals surface area contributed by atoms with E-state index >= 15 is 0 Å². The van der Waals surface area contributed by atoms with Crippen LogP contribution < -0.4 is 10.6 Å². The Morgan fingerprint density at radius 2 is 1.96 bits per heavy atom. The third kappa shape index (κ3) is 4.70. The van der Waals surface area contributed by atoms with Gasteiger partial charge >= 0.3 is 6.03 Å². The fourth-order valence-electron chi connectivity index (χ4n) is 2.74. The van der Waals surface area contributed by atoms with Crippen molar-refractivity contribution in [2.45, 2.75) is 74.2 Å². The van der Waals surface area contributed by atoms with Gasteiger partial charge in [0.15, 0.2) is 0 Å². The minimum Gasteiger partial charge on any atom is -0.335 e. The van der Waals surface area contributed by atoms with Crippen LogP contribution in [0.15, 0.2) is 5.16 Å². The van der Waals surface area contributed by atoms with Crippen molar-refractivity contribution in [1.29, 1.82) is 0 Å². The Kier molecular flexibility index (Phi) is 5.20. The van der Waals surface area contributed by atoms with Gasteiger partial charge in [-0.2, -0.15) is 0 Å². The summed E-state index contributed by atoms with van der Waals surface area (Å²) in [7, 11) is 0. The van der Waals surface area contributed by atoms with Gasteiger partial charge in [-0.05, 0) is 32.6 Å². The lowest BCUT2D eigenvalue weighted by molar-refractivity contribution is -0.119. The number of imide groups is 1. The number of carbonyl (C=O) groups is 2. The van der Waals surface area contributed by atoms with E-state index in [-0.39, 0.29) is 11.9 Å². The van der Waals surface area contributed by atoms with E-state index in [2.05, 4.69) is 25.8 Å². The fraction of sp³-hybridized carbons (Fsp3) is 0.733. The van der Waals surface area contributed by atoms with Gasteiger partial charge in [-0.3, -0.25) is 15.2 Å². The summed E-state index contributed by atoms with van der Waals surface area (Å²) in [5.74, 6) is 1.08. The van der Waals surface area contributed by atoms with E-state index in [1.165, 1.54) is 18.2 Å². The van der Waals surface area contributed by atoms with Gasteiger partial charge in [0, 0.05) is 12.0 Å². The Morgan fingerprint density at radius 1 is 1.22 bits per heavy atom.